The van der Waals surface area contributed by atoms with Gasteiger partial charge in [-0.2, -0.15) is 0 Å². The van der Waals surface area contributed by atoms with Gasteiger partial charge in [0.05, 0.1) is 0 Å². The number of rotatable bonds is 8. The highest BCUT2D eigenvalue weighted by Crippen LogP contribution is 2.19. The lowest BCUT2D eigenvalue weighted by molar-refractivity contribution is -0.154. The Balaban J connectivity index is 1.89. The van der Waals surface area contributed by atoms with E-state index in [2.05, 4.69) is 5.32 Å². The van der Waals surface area contributed by atoms with Crippen LogP contribution in [0.4, 0.5) is 0 Å². The molecule has 0 bridgehead atoms. The SMILES string of the molecule is O=C(O)C(Cc1ccccc1)NCCC(=O)N1C(=O)CC[C@H]1C(=O)O. The number of benzene rings is 1. The van der Waals surface area contributed by atoms with Crippen molar-refractivity contribution in [2.75, 3.05) is 6.54 Å². The van der Waals surface area contributed by atoms with Crippen molar-refractivity contribution in [3.8, 4) is 0 Å². The number of carboxylic acids is 2. The van der Waals surface area contributed by atoms with Crippen LogP contribution in [0.15, 0.2) is 30.3 Å². The van der Waals surface area contributed by atoms with Gasteiger partial charge in [-0.25, -0.2) is 4.79 Å². The van der Waals surface area contributed by atoms with E-state index in [0.717, 1.165) is 10.5 Å². The first-order chi connectivity index (χ1) is 11.9. The standard InChI is InChI=1S/C17H20N2O6/c20-14-7-6-13(17(24)25)19(14)15(21)8-9-18-12(16(22)23)10-11-4-2-1-3-5-11/h1-5,12-13,18H,6-10H2,(H,22,23)(H,24,25)/t12?,13-/m0/s1. The summed E-state index contributed by atoms with van der Waals surface area (Å²) in [6.45, 7) is 0.0404. The van der Waals surface area contributed by atoms with Crippen LogP contribution in [0.1, 0.15) is 24.8 Å². The highest BCUT2D eigenvalue weighted by Gasteiger charge is 2.39. The average Bonchev–Trinajstić information content (AvgIpc) is 2.96. The molecule has 1 aliphatic rings. The van der Waals surface area contributed by atoms with E-state index >= 15 is 0 Å². The normalized spacial score (nSPS) is 18.2. The number of carboxylic acid groups (broad SMARTS) is 2. The van der Waals surface area contributed by atoms with Crippen molar-refractivity contribution in [2.45, 2.75) is 37.8 Å². The van der Waals surface area contributed by atoms with Crippen LogP contribution in [0.25, 0.3) is 0 Å². The number of aliphatic carboxylic acids is 2. The molecule has 8 heteroatoms. The first-order valence-corrected chi connectivity index (χ1v) is 7.98. The van der Waals surface area contributed by atoms with Gasteiger partial charge in [-0.3, -0.25) is 19.3 Å². The largest absolute Gasteiger partial charge is 0.480 e. The van der Waals surface area contributed by atoms with Crippen LogP contribution in [0, 0.1) is 0 Å². The first kappa shape index (κ1) is 18.6. The zero-order valence-electron chi connectivity index (χ0n) is 13.6. The summed E-state index contributed by atoms with van der Waals surface area (Å²) in [6.07, 6.45) is 0.250. The summed E-state index contributed by atoms with van der Waals surface area (Å²) in [5.41, 5.74) is 0.842. The molecule has 0 aromatic heterocycles. The monoisotopic (exact) mass is 348 g/mol. The number of hydrogen-bond donors (Lipinski definition) is 3. The summed E-state index contributed by atoms with van der Waals surface area (Å²) in [6, 6.07) is 7.06. The molecule has 1 fully saturated rings. The summed E-state index contributed by atoms with van der Waals surface area (Å²) >= 11 is 0. The fraction of sp³-hybridized carbons (Fsp3) is 0.412. The molecule has 1 aromatic rings. The maximum atomic E-state index is 12.1. The Morgan fingerprint density at radius 2 is 1.88 bits per heavy atom. The molecule has 2 amide bonds. The highest BCUT2D eigenvalue weighted by molar-refractivity contribution is 6.01. The Kier molecular flexibility index (Phi) is 6.24. The van der Waals surface area contributed by atoms with Gasteiger partial charge in [-0.05, 0) is 18.4 Å². The maximum Gasteiger partial charge on any atom is 0.326 e. The van der Waals surface area contributed by atoms with Gasteiger partial charge in [0, 0.05) is 19.4 Å². The molecule has 0 saturated carbocycles. The van der Waals surface area contributed by atoms with Gasteiger partial charge in [0.2, 0.25) is 11.8 Å². The third kappa shape index (κ3) is 4.87. The van der Waals surface area contributed by atoms with E-state index in [1.54, 1.807) is 0 Å². The van der Waals surface area contributed by atoms with Gasteiger partial charge >= 0.3 is 11.9 Å². The molecule has 134 valence electrons. The minimum absolute atomic E-state index is 0.0297. The van der Waals surface area contributed by atoms with Gasteiger partial charge < -0.3 is 15.5 Å². The van der Waals surface area contributed by atoms with Crippen LogP contribution >= 0.6 is 0 Å². The predicted octanol–water partition coefficient (Wildman–Crippen LogP) is 0.264. The number of nitrogens with one attached hydrogen (secondary N) is 1. The van der Waals surface area contributed by atoms with E-state index in [1.165, 1.54) is 0 Å². The molecule has 1 aromatic carbocycles. The van der Waals surface area contributed by atoms with Gasteiger partial charge in [0.1, 0.15) is 12.1 Å². The molecule has 1 unspecified atom stereocenters. The zero-order valence-corrected chi connectivity index (χ0v) is 13.6. The average molecular weight is 348 g/mol. The molecule has 0 radical (unpaired) electrons. The molecule has 1 aliphatic heterocycles. The second-order valence-electron chi connectivity index (χ2n) is 5.83. The van der Waals surface area contributed by atoms with E-state index in [4.69, 9.17) is 5.11 Å². The third-order valence-electron chi connectivity index (χ3n) is 4.08. The molecular formula is C17H20N2O6. The number of amides is 2. The summed E-state index contributed by atoms with van der Waals surface area (Å²) in [5, 5.41) is 21.1. The lowest BCUT2D eigenvalue weighted by Gasteiger charge is -2.20. The number of likely N-dealkylation sites (tertiary alicyclic amines) is 1. The van der Waals surface area contributed by atoms with Crippen LogP contribution in [0.3, 0.4) is 0 Å². The maximum absolute atomic E-state index is 12.1. The van der Waals surface area contributed by atoms with Crippen LogP contribution in [-0.4, -0.2) is 57.5 Å². The quantitative estimate of drug-likeness (QED) is 0.616. The van der Waals surface area contributed by atoms with E-state index in [1.807, 2.05) is 30.3 Å². The smallest absolute Gasteiger partial charge is 0.326 e. The number of imide groups is 1. The Bertz CT molecular complexity index is 660. The van der Waals surface area contributed by atoms with Crippen molar-refractivity contribution in [1.29, 1.82) is 0 Å². The Morgan fingerprint density at radius 3 is 2.48 bits per heavy atom. The van der Waals surface area contributed by atoms with E-state index in [9.17, 15) is 24.3 Å². The highest BCUT2D eigenvalue weighted by atomic mass is 16.4. The van der Waals surface area contributed by atoms with Crippen molar-refractivity contribution in [1.82, 2.24) is 10.2 Å². The molecule has 25 heavy (non-hydrogen) atoms. The molecule has 3 N–H and O–H groups in total. The van der Waals surface area contributed by atoms with Crippen molar-refractivity contribution < 1.29 is 29.4 Å². The van der Waals surface area contributed by atoms with Crippen molar-refractivity contribution in [3.63, 3.8) is 0 Å². The minimum atomic E-state index is -1.21. The fourth-order valence-corrected chi connectivity index (χ4v) is 2.80. The Morgan fingerprint density at radius 1 is 1.20 bits per heavy atom. The molecule has 2 rings (SSSR count). The molecule has 8 nitrogen and oxygen atoms in total. The lowest BCUT2D eigenvalue weighted by Crippen LogP contribution is -2.45. The van der Waals surface area contributed by atoms with E-state index < -0.39 is 35.8 Å². The number of carbonyl (C=O) groups is 4. The predicted molar refractivity (Wildman–Crippen MR) is 86.7 cm³/mol. The second-order valence-corrected chi connectivity index (χ2v) is 5.83. The van der Waals surface area contributed by atoms with Crippen molar-refractivity contribution >= 4 is 23.8 Å². The topological polar surface area (TPSA) is 124 Å². The van der Waals surface area contributed by atoms with Crippen LogP contribution < -0.4 is 5.32 Å². The second kappa shape index (κ2) is 8.39. The number of carbonyl (C=O) groups excluding carboxylic acids is 2. The molecule has 0 spiro atoms. The number of hydrogen-bond acceptors (Lipinski definition) is 5. The van der Waals surface area contributed by atoms with Gasteiger partial charge in [0.25, 0.3) is 0 Å². The van der Waals surface area contributed by atoms with Crippen LogP contribution in [-0.2, 0) is 25.6 Å². The molecule has 1 heterocycles. The van der Waals surface area contributed by atoms with E-state index in [0.29, 0.717) is 0 Å². The van der Waals surface area contributed by atoms with Gasteiger partial charge in [-0.1, -0.05) is 30.3 Å². The molecular weight excluding hydrogens is 328 g/mol. The van der Waals surface area contributed by atoms with E-state index in [-0.39, 0.29) is 32.2 Å². The van der Waals surface area contributed by atoms with Crippen LogP contribution in [0.5, 0.6) is 0 Å². The van der Waals surface area contributed by atoms with Crippen LogP contribution in [0.2, 0.25) is 0 Å². The van der Waals surface area contributed by atoms with Gasteiger partial charge in [-0.15, -0.1) is 0 Å². The lowest BCUT2D eigenvalue weighted by atomic mass is 10.1. The summed E-state index contributed by atoms with van der Waals surface area (Å²) in [4.78, 5) is 47.1. The zero-order chi connectivity index (χ0) is 18.4. The minimum Gasteiger partial charge on any atom is -0.480 e. The summed E-state index contributed by atoms with van der Waals surface area (Å²) in [7, 11) is 0. The first-order valence-electron chi connectivity index (χ1n) is 7.98. The summed E-state index contributed by atoms with van der Waals surface area (Å²) < 4.78 is 0. The molecule has 2 atom stereocenters. The molecule has 0 aliphatic carbocycles. The summed E-state index contributed by atoms with van der Waals surface area (Å²) in [5.74, 6) is -3.36. The molecule has 1 saturated heterocycles. The van der Waals surface area contributed by atoms with Crippen molar-refractivity contribution in [3.05, 3.63) is 35.9 Å². The van der Waals surface area contributed by atoms with Gasteiger partial charge in [0.15, 0.2) is 0 Å². The third-order valence-corrected chi connectivity index (χ3v) is 4.08. The number of nitrogens with zero attached hydrogens (tertiary/aromatic N) is 1. The van der Waals surface area contributed by atoms with Crippen molar-refractivity contribution in [2.24, 2.45) is 0 Å². The fourth-order valence-electron chi connectivity index (χ4n) is 2.80. The Labute approximate surface area is 144 Å². The Hall–Kier alpha value is -2.74.